The van der Waals surface area contributed by atoms with Crippen molar-refractivity contribution in [3.63, 3.8) is 0 Å². The van der Waals surface area contributed by atoms with Crippen LogP contribution in [0.2, 0.25) is 0 Å². The molecule has 0 spiro atoms. The van der Waals surface area contributed by atoms with Crippen LogP contribution in [0.4, 0.5) is 4.39 Å². The third-order valence-electron chi connectivity index (χ3n) is 5.30. The van der Waals surface area contributed by atoms with Gasteiger partial charge in [0.2, 0.25) is 5.91 Å². The Morgan fingerprint density at radius 1 is 1.28 bits per heavy atom. The first-order valence-electron chi connectivity index (χ1n) is 8.80. The lowest BCUT2D eigenvalue weighted by Crippen LogP contribution is -2.39. The van der Waals surface area contributed by atoms with Crippen LogP contribution in [0.15, 0.2) is 30.3 Å². The van der Waals surface area contributed by atoms with Gasteiger partial charge in [0.1, 0.15) is 5.82 Å². The Morgan fingerprint density at radius 2 is 2.00 bits per heavy atom. The average molecular weight is 343 g/mol. The Balaban J connectivity index is 1.58. The van der Waals surface area contributed by atoms with E-state index in [9.17, 15) is 14.3 Å². The number of benzene rings is 1. The average Bonchev–Trinajstić information content (AvgIpc) is 3.34. The summed E-state index contributed by atoms with van der Waals surface area (Å²) in [5, 5.41) is 14.2. The summed E-state index contributed by atoms with van der Waals surface area (Å²) in [4.78, 5) is 15.1. The maximum absolute atomic E-state index is 13.2. The number of aromatic nitrogens is 2. The van der Waals surface area contributed by atoms with Crippen LogP contribution in [0.5, 0.6) is 0 Å². The molecule has 1 unspecified atom stereocenters. The van der Waals surface area contributed by atoms with Crippen molar-refractivity contribution in [2.45, 2.75) is 50.8 Å². The third kappa shape index (κ3) is 2.84. The van der Waals surface area contributed by atoms with E-state index in [0.29, 0.717) is 18.8 Å². The van der Waals surface area contributed by atoms with Gasteiger partial charge in [0.25, 0.3) is 0 Å². The van der Waals surface area contributed by atoms with Gasteiger partial charge in [0.15, 0.2) is 0 Å². The van der Waals surface area contributed by atoms with Crippen LogP contribution < -0.4 is 0 Å². The van der Waals surface area contributed by atoms with Crippen molar-refractivity contribution >= 4 is 5.91 Å². The zero-order valence-corrected chi connectivity index (χ0v) is 14.3. The molecule has 1 aromatic carbocycles. The van der Waals surface area contributed by atoms with E-state index in [1.165, 1.54) is 12.1 Å². The number of halogens is 1. The lowest BCUT2D eigenvalue weighted by Gasteiger charge is -2.26. The molecule has 25 heavy (non-hydrogen) atoms. The van der Waals surface area contributed by atoms with Gasteiger partial charge in [-0.3, -0.25) is 9.48 Å². The van der Waals surface area contributed by atoms with E-state index < -0.39 is 11.5 Å². The van der Waals surface area contributed by atoms with Crippen LogP contribution in [-0.2, 0) is 23.3 Å². The fourth-order valence-corrected chi connectivity index (χ4v) is 3.68. The zero-order chi connectivity index (χ0) is 17.6. The van der Waals surface area contributed by atoms with Gasteiger partial charge >= 0.3 is 0 Å². The summed E-state index contributed by atoms with van der Waals surface area (Å²) in [6.07, 6.45) is 1.84. The van der Waals surface area contributed by atoms with Crippen molar-refractivity contribution in [1.29, 1.82) is 0 Å². The van der Waals surface area contributed by atoms with Crippen LogP contribution in [0.3, 0.4) is 0 Å². The molecule has 2 heterocycles. The highest BCUT2D eigenvalue weighted by Gasteiger charge is 2.53. The molecule has 4 rings (SSSR count). The van der Waals surface area contributed by atoms with Gasteiger partial charge in [-0.2, -0.15) is 5.10 Å². The SMILES string of the molecule is CC(O)c1cc2n(n1)CCCN(C(=O)C1(c3ccc(F)cc3)CC1)C2. The number of amides is 1. The first-order valence-corrected chi connectivity index (χ1v) is 8.80. The van der Waals surface area contributed by atoms with Crippen molar-refractivity contribution in [2.24, 2.45) is 0 Å². The largest absolute Gasteiger partial charge is 0.387 e. The summed E-state index contributed by atoms with van der Waals surface area (Å²) < 4.78 is 15.1. The van der Waals surface area contributed by atoms with Crippen molar-refractivity contribution in [1.82, 2.24) is 14.7 Å². The summed E-state index contributed by atoms with van der Waals surface area (Å²) in [6.45, 7) is 3.63. The van der Waals surface area contributed by atoms with E-state index in [1.54, 1.807) is 19.1 Å². The maximum Gasteiger partial charge on any atom is 0.233 e. The fourth-order valence-electron chi connectivity index (χ4n) is 3.68. The predicted molar refractivity (Wildman–Crippen MR) is 90.2 cm³/mol. The third-order valence-corrected chi connectivity index (χ3v) is 5.30. The van der Waals surface area contributed by atoms with E-state index in [1.807, 2.05) is 15.6 Å². The second-order valence-electron chi connectivity index (χ2n) is 7.13. The second kappa shape index (κ2) is 5.95. The number of fused-ring (bicyclic) bond motifs is 1. The predicted octanol–water partition coefficient (Wildman–Crippen LogP) is 2.54. The number of hydrogen-bond donors (Lipinski definition) is 1. The Bertz CT molecular complexity index is 794. The Morgan fingerprint density at radius 3 is 2.64 bits per heavy atom. The number of nitrogens with zero attached hydrogens (tertiary/aromatic N) is 3. The van der Waals surface area contributed by atoms with E-state index in [4.69, 9.17) is 0 Å². The minimum absolute atomic E-state index is 0.118. The smallest absolute Gasteiger partial charge is 0.233 e. The highest BCUT2D eigenvalue weighted by molar-refractivity contribution is 5.91. The monoisotopic (exact) mass is 343 g/mol. The van der Waals surface area contributed by atoms with Gasteiger partial charge < -0.3 is 10.0 Å². The van der Waals surface area contributed by atoms with Gasteiger partial charge in [-0.1, -0.05) is 12.1 Å². The number of hydrogen-bond acceptors (Lipinski definition) is 3. The molecule has 1 aliphatic heterocycles. The molecule has 0 saturated heterocycles. The van der Waals surface area contributed by atoms with Crippen molar-refractivity contribution in [3.05, 3.63) is 53.1 Å². The molecule has 1 aromatic heterocycles. The topological polar surface area (TPSA) is 58.4 Å². The lowest BCUT2D eigenvalue weighted by atomic mass is 9.94. The normalized spacial score (nSPS) is 19.9. The standard InChI is InChI=1S/C19H22FN3O2/c1-13(24)17-11-16-12-22(9-2-10-23(16)21-17)18(25)19(7-8-19)14-3-5-15(20)6-4-14/h3-6,11,13,24H,2,7-10,12H2,1H3. The van der Waals surface area contributed by atoms with Gasteiger partial charge in [0.05, 0.1) is 29.5 Å². The molecule has 0 bridgehead atoms. The quantitative estimate of drug-likeness (QED) is 0.932. The molecule has 2 aliphatic rings. The molecule has 1 aliphatic carbocycles. The molecule has 2 aromatic rings. The van der Waals surface area contributed by atoms with E-state index in [2.05, 4.69) is 5.10 Å². The first kappa shape index (κ1) is 16.3. The molecule has 1 fully saturated rings. The van der Waals surface area contributed by atoms with Crippen molar-refractivity contribution < 1.29 is 14.3 Å². The number of rotatable bonds is 3. The van der Waals surface area contributed by atoms with Crippen LogP contribution in [0.1, 0.15) is 49.2 Å². The highest BCUT2D eigenvalue weighted by atomic mass is 19.1. The summed E-state index contributed by atoms with van der Waals surface area (Å²) >= 11 is 0. The van der Waals surface area contributed by atoms with Gasteiger partial charge in [-0.15, -0.1) is 0 Å². The number of carbonyl (C=O) groups excluding carboxylic acids is 1. The lowest BCUT2D eigenvalue weighted by molar-refractivity contribution is -0.134. The molecule has 1 atom stereocenters. The second-order valence-corrected chi connectivity index (χ2v) is 7.13. The minimum Gasteiger partial charge on any atom is -0.387 e. The van der Waals surface area contributed by atoms with Gasteiger partial charge in [0, 0.05) is 13.1 Å². The Hall–Kier alpha value is -2.21. The zero-order valence-electron chi connectivity index (χ0n) is 14.3. The van der Waals surface area contributed by atoms with E-state index in [0.717, 1.165) is 37.1 Å². The molecular weight excluding hydrogens is 321 g/mol. The number of carbonyl (C=O) groups is 1. The van der Waals surface area contributed by atoms with Crippen LogP contribution >= 0.6 is 0 Å². The number of aliphatic hydroxyl groups is 1. The summed E-state index contributed by atoms with van der Waals surface area (Å²) in [5.74, 6) is -0.163. The molecular formula is C19H22FN3O2. The van der Waals surface area contributed by atoms with Crippen LogP contribution in [0, 0.1) is 5.82 Å². The van der Waals surface area contributed by atoms with E-state index in [-0.39, 0.29) is 11.7 Å². The molecule has 1 amide bonds. The van der Waals surface area contributed by atoms with Crippen molar-refractivity contribution in [2.75, 3.05) is 6.54 Å². The summed E-state index contributed by atoms with van der Waals surface area (Å²) in [6, 6.07) is 8.19. The van der Waals surface area contributed by atoms with Crippen molar-refractivity contribution in [3.8, 4) is 0 Å². The summed E-state index contributed by atoms with van der Waals surface area (Å²) in [5.41, 5.74) is 2.01. The maximum atomic E-state index is 13.2. The van der Waals surface area contributed by atoms with Gasteiger partial charge in [-0.25, -0.2) is 4.39 Å². The summed E-state index contributed by atoms with van der Waals surface area (Å²) in [7, 11) is 0. The Labute approximate surface area is 146 Å². The van der Waals surface area contributed by atoms with Gasteiger partial charge in [-0.05, 0) is 49.9 Å². The van der Waals surface area contributed by atoms with E-state index >= 15 is 0 Å². The Kier molecular flexibility index (Phi) is 3.87. The first-order chi connectivity index (χ1) is 12.0. The molecule has 0 radical (unpaired) electrons. The molecule has 132 valence electrons. The molecule has 1 N–H and O–H groups in total. The highest BCUT2D eigenvalue weighted by Crippen LogP contribution is 2.50. The molecule has 6 heteroatoms. The van der Waals surface area contributed by atoms with Crippen LogP contribution in [-0.4, -0.2) is 32.2 Å². The number of aryl methyl sites for hydroxylation is 1. The molecule has 1 saturated carbocycles. The number of aliphatic hydroxyl groups excluding tert-OH is 1. The van der Waals surface area contributed by atoms with Crippen LogP contribution in [0.25, 0.3) is 0 Å². The minimum atomic E-state index is -0.613. The fraction of sp³-hybridized carbons (Fsp3) is 0.474. The molecule has 5 nitrogen and oxygen atoms in total.